The van der Waals surface area contributed by atoms with Gasteiger partial charge in [0.2, 0.25) is 0 Å². The number of benzene rings is 2. The van der Waals surface area contributed by atoms with Crippen molar-refractivity contribution < 1.29 is 17.9 Å². The number of para-hydroxylation sites is 1. The van der Waals surface area contributed by atoms with Crippen molar-refractivity contribution in [2.24, 2.45) is 0 Å². The quantitative estimate of drug-likeness (QED) is 0.816. The molecule has 0 spiro atoms. The van der Waals surface area contributed by atoms with E-state index in [1.165, 1.54) is 13.2 Å². The zero-order chi connectivity index (χ0) is 20.4. The number of nitrogens with one attached hydrogen (secondary N) is 2. The van der Waals surface area contributed by atoms with Gasteiger partial charge in [-0.3, -0.25) is 9.52 Å². The van der Waals surface area contributed by atoms with Crippen molar-refractivity contribution in [1.29, 1.82) is 0 Å². The van der Waals surface area contributed by atoms with Gasteiger partial charge in [-0.1, -0.05) is 12.1 Å². The van der Waals surface area contributed by atoms with E-state index in [1.54, 1.807) is 44.2 Å². The Morgan fingerprint density at radius 1 is 1.00 bits per heavy atom. The van der Waals surface area contributed by atoms with Crippen LogP contribution in [0.2, 0.25) is 0 Å². The van der Waals surface area contributed by atoms with Crippen molar-refractivity contribution >= 4 is 21.6 Å². The minimum absolute atomic E-state index is 0.145. The molecule has 2 rings (SSSR count). The minimum Gasteiger partial charge on any atom is -0.496 e. The molecule has 27 heavy (non-hydrogen) atoms. The van der Waals surface area contributed by atoms with Gasteiger partial charge in [0.15, 0.2) is 0 Å². The molecule has 0 aliphatic rings. The molecular weight excluding hydrogens is 364 g/mol. The Balaban J connectivity index is 2.43. The van der Waals surface area contributed by atoms with E-state index in [0.29, 0.717) is 11.3 Å². The van der Waals surface area contributed by atoms with E-state index < -0.39 is 15.6 Å². The molecule has 0 aliphatic heterocycles. The van der Waals surface area contributed by atoms with Gasteiger partial charge < -0.3 is 10.1 Å². The standard InChI is InChI=1S/C20H26N2O4S/c1-13-14(2)18(12-11-17(13)26-6)27(24,25)22-16-10-8-7-9-15(16)19(23)21-20(3,4)5/h7-12,22H,1-6H3,(H,21,23). The summed E-state index contributed by atoms with van der Waals surface area (Å²) in [4.78, 5) is 12.7. The number of rotatable bonds is 5. The minimum atomic E-state index is -3.88. The topological polar surface area (TPSA) is 84.5 Å². The first-order chi connectivity index (χ1) is 12.5. The molecule has 2 aromatic carbocycles. The van der Waals surface area contributed by atoms with Crippen molar-refractivity contribution in [1.82, 2.24) is 5.32 Å². The first kappa shape index (κ1) is 20.8. The van der Waals surface area contributed by atoms with Crippen molar-refractivity contribution in [3.05, 3.63) is 53.1 Å². The highest BCUT2D eigenvalue weighted by molar-refractivity contribution is 7.92. The Kier molecular flexibility index (Phi) is 5.85. The summed E-state index contributed by atoms with van der Waals surface area (Å²) < 4.78 is 33.7. The SMILES string of the molecule is COc1ccc(S(=O)(=O)Nc2ccccc2C(=O)NC(C)(C)C)c(C)c1C. The third kappa shape index (κ3) is 4.80. The van der Waals surface area contributed by atoms with Crippen LogP contribution in [0.3, 0.4) is 0 Å². The molecule has 0 unspecified atom stereocenters. The Bertz CT molecular complexity index is 960. The van der Waals surface area contributed by atoms with E-state index >= 15 is 0 Å². The molecule has 2 aromatic rings. The van der Waals surface area contributed by atoms with Crippen LogP contribution in [-0.2, 0) is 10.0 Å². The number of amides is 1. The molecular formula is C20H26N2O4S. The number of anilines is 1. The lowest BCUT2D eigenvalue weighted by Gasteiger charge is -2.22. The molecule has 0 saturated carbocycles. The second-order valence-electron chi connectivity index (χ2n) is 7.37. The zero-order valence-corrected chi connectivity index (χ0v) is 17.3. The predicted molar refractivity (Wildman–Crippen MR) is 107 cm³/mol. The maximum atomic E-state index is 13.0. The van der Waals surface area contributed by atoms with Crippen LogP contribution in [0.1, 0.15) is 42.3 Å². The second-order valence-corrected chi connectivity index (χ2v) is 9.02. The van der Waals surface area contributed by atoms with Gasteiger partial charge >= 0.3 is 0 Å². The lowest BCUT2D eigenvalue weighted by molar-refractivity contribution is 0.0920. The fourth-order valence-electron chi connectivity index (χ4n) is 2.66. The lowest BCUT2D eigenvalue weighted by atomic mass is 10.1. The molecule has 2 N–H and O–H groups in total. The molecule has 0 aromatic heterocycles. The molecule has 0 saturated heterocycles. The maximum Gasteiger partial charge on any atom is 0.262 e. The molecule has 0 aliphatic carbocycles. The molecule has 0 fully saturated rings. The summed E-state index contributed by atoms with van der Waals surface area (Å²) in [5.41, 5.74) is 1.40. The monoisotopic (exact) mass is 390 g/mol. The van der Waals surface area contributed by atoms with E-state index in [-0.39, 0.29) is 22.1 Å². The summed E-state index contributed by atoms with van der Waals surface area (Å²) >= 11 is 0. The summed E-state index contributed by atoms with van der Waals surface area (Å²) in [6, 6.07) is 9.65. The van der Waals surface area contributed by atoms with E-state index in [9.17, 15) is 13.2 Å². The first-order valence-electron chi connectivity index (χ1n) is 8.55. The van der Waals surface area contributed by atoms with E-state index in [4.69, 9.17) is 4.74 Å². The van der Waals surface area contributed by atoms with Crippen molar-refractivity contribution in [2.45, 2.75) is 45.1 Å². The number of hydrogen-bond donors (Lipinski definition) is 2. The highest BCUT2D eigenvalue weighted by Crippen LogP contribution is 2.29. The number of carbonyl (C=O) groups is 1. The lowest BCUT2D eigenvalue weighted by Crippen LogP contribution is -2.40. The molecule has 6 nitrogen and oxygen atoms in total. The molecule has 0 bridgehead atoms. The van der Waals surface area contributed by atoms with E-state index in [2.05, 4.69) is 10.0 Å². The van der Waals surface area contributed by atoms with Crippen molar-refractivity contribution in [3.8, 4) is 5.75 Å². The normalized spacial score (nSPS) is 11.8. The molecule has 0 radical (unpaired) electrons. The number of hydrogen-bond acceptors (Lipinski definition) is 4. The van der Waals surface area contributed by atoms with Crippen LogP contribution >= 0.6 is 0 Å². The van der Waals surface area contributed by atoms with Gasteiger partial charge in [-0.25, -0.2) is 8.42 Å². The number of methoxy groups -OCH3 is 1. The van der Waals surface area contributed by atoms with Crippen LogP contribution in [0, 0.1) is 13.8 Å². The maximum absolute atomic E-state index is 13.0. The average molecular weight is 391 g/mol. The van der Waals surface area contributed by atoms with Gasteiger partial charge in [0.1, 0.15) is 5.75 Å². The molecule has 0 heterocycles. The molecule has 0 atom stereocenters. The molecule has 146 valence electrons. The Morgan fingerprint density at radius 2 is 1.63 bits per heavy atom. The summed E-state index contributed by atoms with van der Waals surface area (Å²) in [7, 11) is -2.34. The van der Waals surface area contributed by atoms with Crippen LogP contribution in [0.15, 0.2) is 41.3 Å². The highest BCUT2D eigenvalue weighted by Gasteiger charge is 2.23. The third-order valence-corrected chi connectivity index (χ3v) is 5.61. The number of carbonyl (C=O) groups excluding carboxylic acids is 1. The number of sulfonamides is 1. The molecule has 7 heteroatoms. The smallest absolute Gasteiger partial charge is 0.262 e. The van der Waals surface area contributed by atoms with Gasteiger partial charge in [-0.2, -0.15) is 0 Å². The van der Waals surface area contributed by atoms with Crippen LogP contribution in [0.4, 0.5) is 5.69 Å². The summed E-state index contributed by atoms with van der Waals surface area (Å²) in [5.74, 6) is 0.278. The molecule has 1 amide bonds. The van der Waals surface area contributed by atoms with Gasteiger partial charge in [0.05, 0.1) is 23.3 Å². The summed E-state index contributed by atoms with van der Waals surface area (Å²) in [5, 5.41) is 2.85. The van der Waals surface area contributed by atoms with Gasteiger partial charge in [-0.05, 0) is 70.0 Å². The van der Waals surface area contributed by atoms with E-state index in [1.807, 2.05) is 20.8 Å². The Hall–Kier alpha value is -2.54. The average Bonchev–Trinajstić information content (AvgIpc) is 2.55. The van der Waals surface area contributed by atoms with Crippen molar-refractivity contribution in [2.75, 3.05) is 11.8 Å². The summed E-state index contributed by atoms with van der Waals surface area (Å²) in [6.45, 7) is 9.12. The van der Waals surface area contributed by atoms with Crippen LogP contribution in [-0.4, -0.2) is 27.0 Å². The third-order valence-electron chi connectivity index (χ3n) is 4.10. The van der Waals surface area contributed by atoms with E-state index in [0.717, 1.165) is 5.56 Å². The summed E-state index contributed by atoms with van der Waals surface area (Å²) in [6.07, 6.45) is 0. The largest absolute Gasteiger partial charge is 0.496 e. The van der Waals surface area contributed by atoms with Gasteiger partial charge in [0.25, 0.3) is 15.9 Å². The predicted octanol–water partition coefficient (Wildman–Crippen LogP) is 3.64. The van der Waals surface area contributed by atoms with Crippen LogP contribution in [0.25, 0.3) is 0 Å². The fraction of sp³-hybridized carbons (Fsp3) is 0.350. The number of ether oxygens (including phenoxy) is 1. The first-order valence-corrected chi connectivity index (χ1v) is 10.0. The fourth-order valence-corrected chi connectivity index (χ4v) is 4.04. The highest BCUT2D eigenvalue weighted by atomic mass is 32.2. The van der Waals surface area contributed by atoms with Crippen molar-refractivity contribution in [3.63, 3.8) is 0 Å². The van der Waals surface area contributed by atoms with Gasteiger partial charge in [-0.15, -0.1) is 0 Å². The van der Waals surface area contributed by atoms with Crippen LogP contribution < -0.4 is 14.8 Å². The Morgan fingerprint density at radius 3 is 2.22 bits per heavy atom. The second kappa shape index (κ2) is 7.60. The zero-order valence-electron chi connectivity index (χ0n) is 16.5. The Labute approximate surface area is 161 Å². The van der Waals surface area contributed by atoms with Gasteiger partial charge in [0, 0.05) is 5.54 Å². The van der Waals surface area contributed by atoms with Crippen LogP contribution in [0.5, 0.6) is 5.75 Å².